The van der Waals surface area contributed by atoms with Crippen molar-refractivity contribution in [2.75, 3.05) is 18.0 Å². The summed E-state index contributed by atoms with van der Waals surface area (Å²) < 4.78 is 3.60. The molecular weight excluding hydrogens is 412 g/mol. The zero-order valence-electron chi connectivity index (χ0n) is 18.8. The van der Waals surface area contributed by atoms with Gasteiger partial charge in [0.05, 0.1) is 6.54 Å². The fourth-order valence-corrected chi connectivity index (χ4v) is 4.40. The van der Waals surface area contributed by atoms with Crippen LogP contribution in [-0.2, 0) is 13.6 Å². The number of piperidine rings is 1. The number of hydrogen-bond acceptors (Lipinski definition) is 5. The summed E-state index contributed by atoms with van der Waals surface area (Å²) in [6.07, 6.45) is 5.83. The number of hydrogen-bond donors (Lipinski definition) is 1. The van der Waals surface area contributed by atoms with E-state index in [-0.39, 0.29) is 11.6 Å². The molecule has 1 atom stereocenters. The maximum absolute atomic E-state index is 13.5. The fourth-order valence-electron chi connectivity index (χ4n) is 4.40. The summed E-state index contributed by atoms with van der Waals surface area (Å²) in [5.41, 5.74) is 9.30. The molecule has 0 aliphatic carbocycles. The number of anilines is 1. The van der Waals surface area contributed by atoms with Crippen molar-refractivity contribution in [2.45, 2.75) is 25.4 Å². The van der Waals surface area contributed by atoms with Gasteiger partial charge in [0.25, 0.3) is 5.56 Å². The van der Waals surface area contributed by atoms with Gasteiger partial charge in [-0.3, -0.25) is 13.9 Å². The quantitative estimate of drug-likeness (QED) is 0.515. The van der Waals surface area contributed by atoms with Crippen LogP contribution in [0.2, 0.25) is 0 Å². The van der Waals surface area contributed by atoms with Crippen molar-refractivity contribution in [1.82, 2.24) is 19.1 Å². The molecule has 1 aliphatic rings. The summed E-state index contributed by atoms with van der Waals surface area (Å²) in [6, 6.07) is 20.2. The highest BCUT2D eigenvalue weighted by atomic mass is 16.1. The molecule has 33 heavy (non-hydrogen) atoms. The zero-order valence-corrected chi connectivity index (χ0v) is 18.8. The molecule has 0 spiro atoms. The van der Waals surface area contributed by atoms with Crippen LogP contribution in [0.25, 0.3) is 23.3 Å². The van der Waals surface area contributed by atoms with Crippen LogP contribution in [0.4, 0.5) is 5.95 Å². The minimum Gasteiger partial charge on any atom is -0.341 e. The summed E-state index contributed by atoms with van der Waals surface area (Å²) in [5, 5.41) is 0. The van der Waals surface area contributed by atoms with E-state index in [0.29, 0.717) is 23.5 Å². The van der Waals surface area contributed by atoms with Crippen LogP contribution >= 0.6 is 0 Å². The second-order valence-electron chi connectivity index (χ2n) is 8.58. The lowest BCUT2D eigenvalue weighted by molar-refractivity contribution is 0.495. The standard InChI is InChI=1S/C26H28N6O/c1-30-22(15-14-19-9-4-2-5-10-19)28-24-23(25(30)33)32(17-20-11-6-3-7-12-20)26(29-24)31-16-8-13-21(27)18-31/h2-7,9-12,14-15,21H,8,13,16-18,27H2,1H3/b15-14+. The van der Waals surface area contributed by atoms with E-state index in [1.165, 1.54) is 0 Å². The first kappa shape index (κ1) is 21.2. The fraction of sp³-hybridized carbons (Fsp3) is 0.269. The molecule has 168 valence electrons. The SMILES string of the molecule is Cn1c(/C=C/c2ccccc2)nc2nc(N3CCCC(N)C3)n(Cc3ccccc3)c2c1=O. The molecule has 1 aliphatic heterocycles. The predicted molar refractivity (Wildman–Crippen MR) is 133 cm³/mol. The lowest BCUT2D eigenvalue weighted by atomic mass is 10.1. The third kappa shape index (κ3) is 4.32. The Morgan fingerprint density at radius 1 is 1.03 bits per heavy atom. The molecule has 7 heteroatoms. The van der Waals surface area contributed by atoms with Crippen molar-refractivity contribution in [2.24, 2.45) is 12.8 Å². The molecule has 1 saturated heterocycles. The topological polar surface area (TPSA) is 82.0 Å². The molecular formula is C26H28N6O. The monoisotopic (exact) mass is 440 g/mol. The minimum atomic E-state index is -0.108. The van der Waals surface area contributed by atoms with E-state index in [4.69, 9.17) is 15.7 Å². The summed E-state index contributed by atoms with van der Waals surface area (Å²) in [7, 11) is 1.76. The van der Waals surface area contributed by atoms with Crippen LogP contribution in [0, 0.1) is 0 Å². The van der Waals surface area contributed by atoms with E-state index in [9.17, 15) is 4.79 Å². The van der Waals surface area contributed by atoms with Crippen molar-refractivity contribution in [3.8, 4) is 0 Å². The third-order valence-corrected chi connectivity index (χ3v) is 6.15. The molecule has 4 aromatic rings. The van der Waals surface area contributed by atoms with E-state index in [2.05, 4.69) is 17.0 Å². The third-order valence-electron chi connectivity index (χ3n) is 6.15. The maximum Gasteiger partial charge on any atom is 0.279 e. The highest BCUT2D eigenvalue weighted by Gasteiger charge is 2.25. The molecule has 0 radical (unpaired) electrons. The number of benzene rings is 2. The molecule has 0 saturated carbocycles. The van der Waals surface area contributed by atoms with Gasteiger partial charge in [-0.2, -0.15) is 4.98 Å². The lowest BCUT2D eigenvalue weighted by Gasteiger charge is -2.31. The van der Waals surface area contributed by atoms with E-state index in [0.717, 1.165) is 43.0 Å². The number of nitrogens with zero attached hydrogens (tertiary/aromatic N) is 5. The van der Waals surface area contributed by atoms with Crippen LogP contribution < -0.4 is 16.2 Å². The smallest absolute Gasteiger partial charge is 0.279 e. The molecule has 2 N–H and O–H groups in total. The van der Waals surface area contributed by atoms with Crippen LogP contribution in [0.1, 0.15) is 29.8 Å². The Labute approximate surface area is 192 Å². The maximum atomic E-state index is 13.5. The van der Waals surface area contributed by atoms with Crippen molar-refractivity contribution >= 4 is 29.3 Å². The van der Waals surface area contributed by atoms with Gasteiger partial charge in [0.15, 0.2) is 11.2 Å². The Bertz CT molecular complexity index is 1340. The lowest BCUT2D eigenvalue weighted by Crippen LogP contribution is -2.44. The van der Waals surface area contributed by atoms with E-state index in [1.54, 1.807) is 11.6 Å². The van der Waals surface area contributed by atoms with E-state index >= 15 is 0 Å². The van der Waals surface area contributed by atoms with E-state index in [1.807, 2.05) is 65.3 Å². The first-order valence-corrected chi connectivity index (χ1v) is 11.3. The molecule has 0 amide bonds. The van der Waals surface area contributed by atoms with Crippen LogP contribution in [0.5, 0.6) is 0 Å². The molecule has 7 nitrogen and oxygen atoms in total. The minimum absolute atomic E-state index is 0.101. The Morgan fingerprint density at radius 3 is 2.48 bits per heavy atom. The largest absolute Gasteiger partial charge is 0.341 e. The number of nitrogens with two attached hydrogens (primary N) is 1. The normalized spacial score (nSPS) is 16.7. The second-order valence-corrected chi connectivity index (χ2v) is 8.58. The Morgan fingerprint density at radius 2 is 1.76 bits per heavy atom. The molecule has 3 heterocycles. The molecule has 0 bridgehead atoms. The van der Waals surface area contributed by atoms with Crippen LogP contribution in [0.3, 0.4) is 0 Å². The van der Waals surface area contributed by atoms with Gasteiger partial charge in [0, 0.05) is 26.2 Å². The molecule has 2 aromatic carbocycles. The molecule has 1 unspecified atom stereocenters. The number of fused-ring (bicyclic) bond motifs is 1. The van der Waals surface area contributed by atoms with Crippen LogP contribution in [-0.4, -0.2) is 38.2 Å². The van der Waals surface area contributed by atoms with Gasteiger partial charge < -0.3 is 10.6 Å². The predicted octanol–water partition coefficient (Wildman–Crippen LogP) is 3.28. The van der Waals surface area contributed by atoms with Gasteiger partial charge in [-0.15, -0.1) is 0 Å². The highest BCUT2D eigenvalue weighted by Crippen LogP contribution is 2.24. The Hall–Kier alpha value is -3.71. The molecule has 1 fully saturated rings. The summed E-state index contributed by atoms with van der Waals surface area (Å²) in [6.45, 7) is 2.14. The van der Waals surface area contributed by atoms with Crippen LogP contribution in [0.15, 0.2) is 65.5 Å². The number of aromatic nitrogens is 4. The van der Waals surface area contributed by atoms with Gasteiger partial charge in [0.2, 0.25) is 5.95 Å². The Kier molecular flexibility index (Phi) is 5.79. The molecule has 5 rings (SSSR count). The highest BCUT2D eigenvalue weighted by molar-refractivity contribution is 5.77. The summed E-state index contributed by atoms with van der Waals surface area (Å²) >= 11 is 0. The van der Waals surface area contributed by atoms with E-state index < -0.39 is 0 Å². The van der Waals surface area contributed by atoms with Gasteiger partial charge in [-0.05, 0) is 30.0 Å². The average Bonchev–Trinajstić information content (AvgIpc) is 3.20. The summed E-state index contributed by atoms with van der Waals surface area (Å²) in [5.74, 6) is 1.33. The number of rotatable bonds is 5. The first-order chi connectivity index (χ1) is 16.1. The van der Waals surface area contributed by atoms with Gasteiger partial charge in [0.1, 0.15) is 5.82 Å². The zero-order chi connectivity index (χ0) is 22.8. The number of imidazole rings is 1. The average molecular weight is 441 g/mol. The van der Waals surface area contributed by atoms with Crippen molar-refractivity contribution in [3.05, 3.63) is 88.0 Å². The summed E-state index contributed by atoms with van der Waals surface area (Å²) in [4.78, 5) is 25.3. The van der Waals surface area contributed by atoms with Gasteiger partial charge >= 0.3 is 0 Å². The Balaban J connectivity index is 1.63. The van der Waals surface area contributed by atoms with Crippen molar-refractivity contribution in [3.63, 3.8) is 0 Å². The van der Waals surface area contributed by atoms with Crippen molar-refractivity contribution < 1.29 is 0 Å². The van der Waals surface area contributed by atoms with Crippen molar-refractivity contribution in [1.29, 1.82) is 0 Å². The molecule has 2 aromatic heterocycles. The van der Waals surface area contributed by atoms with Gasteiger partial charge in [-0.25, -0.2) is 4.98 Å². The second kappa shape index (κ2) is 9.03. The first-order valence-electron chi connectivity index (χ1n) is 11.3. The van der Waals surface area contributed by atoms with Gasteiger partial charge in [-0.1, -0.05) is 66.7 Å².